The Morgan fingerprint density at radius 1 is 0.365 bits per heavy atom. The van der Waals surface area contributed by atoms with Crippen LogP contribution in [0.2, 0.25) is 0 Å². The number of furan rings is 1. The molecule has 410 valence electrons. The van der Waals surface area contributed by atoms with Gasteiger partial charge in [-0.2, -0.15) is 0 Å². The summed E-state index contributed by atoms with van der Waals surface area (Å²) in [5.41, 5.74) is -20.4. The molecule has 6 heterocycles. The topological polar surface area (TPSA) is 32.7 Å². The second-order valence-corrected chi connectivity index (χ2v) is 24.1. The first kappa shape index (κ1) is 25.2. The van der Waals surface area contributed by atoms with Crippen molar-refractivity contribution in [3.05, 3.63) is 240 Å². The average Bonchev–Trinajstić information content (AvgIpc) is 1.19. The number of aromatic nitrogens is 2. The highest BCUT2D eigenvalue weighted by molar-refractivity contribution is 7.00. The van der Waals surface area contributed by atoms with Crippen molar-refractivity contribution in [3.63, 3.8) is 0 Å². The maximum absolute atomic E-state index is 11.5. The molecule has 0 radical (unpaired) electrons. The number of nitrogens with zero attached hydrogens (tertiary/aromatic N) is 5. The number of hydrogen-bond acceptors (Lipinski definition) is 4. The Morgan fingerprint density at radius 3 is 1.53 bits per heavy atom. The van der Waals surface area contributed by atoms with Crippen LogP contribution in [0.4, 0.5) is 51.2 Å². The van der Waals surface area contributed by atoms with E-state index >= 15 is 0 Å². The van der Waals surface area contributed by atoms with E-state index in [2.05, 4.69) is 0 Å². The van der Waals surface area contributed by atoms with Gasteiger partial charge >= 0.3 is 0 Å². The predicted molar refractivity (Wildman–Crippen MR) is 361 cm³/mol. The number of para-hydroxylation sites is 5. The molecule has 3 aliphatic rings. The number of hydrogen-bond donors (Lipinski definition) is 0. The lowest BCUT2D eigenvalue weighted by Gasteiger charge is -2.46. The smallest absolute Gasteiger partial charge is 0.252 e. The Balaban J connectivity index is 1.21. The second kappa shape index (κ2) is 17.4. The van der Waals surface area contributed by atoms with Crippen LogP contribution in [0.5, 0.6) is 0 Å². The van der Waals surface area contributed by atoms with E-state index < -0.39 is 375 Å². The van der Waals surface area contributed by atoms with Crippen molar-refractivity contribution in [2.45, 2.75) is 78.6 Å². The van der Waals surface area contributed by atoms with E-state index in [0.717, 1.165) is 14.0 Å². The van der Waals surface area contributed by atoms with E-state index in [1.807, 2.05) is 0 Å². The fraction of sp³-hybridized carbons (Fsp3) is 0.154. The minimum absolute atomic E-state index is 0.0808. The van der Waals surface area contributed by atoms with Crippen molar-refractivity contribution in [1.29, 1.82) is 0 Å². The highest BCUT2D eigenvalue weighted by Gasteiger charge is 2.47. The number of anilines is 9. The van der Waals surface area contributed by atoms with Gasteiger partial charge in [0.1, 0.15) is 11.2 Å². The predicted octanol–water partition coefficient (Wildman–Crippen LogP) is 19.5. The van der Waals surface area contributed by atoms with Crippen LogP contribution in [-0.4, -0.2) is 15.8 Å². The van der Waals surface area contributed by atoms with E-state index in [4.69, 9.17) is 11.3 Å². The Labute approximate surface area is 548 Å². The van der Waals surface area contributed by atoms with Crippen molar-refractivity contribution in [1.82, 2.24) is 9.13 Å². The van der Waals surface area contributed by atoms with Gasteiger partial charge in [0.15, 0.2) is 0 Å². The van der Waals surface area contributed by atoms with Gasteiger partial charge in [0.25, 0.3) is 6.71 Å². The molecule has 85 heavy (non-hydrogen) atoms. The van der Waals surface area contributed by atoms with Crippen LogP contribution in [0.3, 0.4) is 0 Å². The van der Waals surface area contributed by atoms with Gasteiger partial charge in [-0.3, -0.25) is 0 Å². The zero-order valence-electron chi connectivity index (χ0n) is 83.7. The molecule has 0 amide bonds. The van der Waals surface area contributed by atoms with Crippen LogP contribution in [-0.2, 0) is 16.2 Å². The van der Waals surface area contributed by atoms with E-state index in [1.165, 1.54) is 0 Å². The van der Waals surface area contributed by atoms with Crippen molar-refractivity contribution < 1.29 is 55.1 Å². The fourth-order valence-corrected chi connectivity index (χ4v) is 11.7. The quantitative estimate of drug-likeness (QED) is 0.161. The summed E-state index contributed by atoms with van der Waals surface area (Å²) in [6.07, 6.45) is 0. The van der Waals surface area contributed by atoms with Crippen molar-refractivity contribution in [3.8, 4) is 11.4 Å². The maximum Gasteiger partial charge on any atom is 0.252 e. The summed E-state index contributed by atoms with van der Waals surface area (Å²) in [4.78, 5) is 1.94. The van der Waals surface area contributed by atoms with E-state index in [0.29, 0.717) is 9.80 Å². The first-order chi connectivity index (χ1) is 56.5. The SMILES string of the molecule is [2H]c1c([2H])c([2H])c(N(c2c([2H])c([2H])c([2H])c([2H])c2[2H])c2c([2H])c3c4c(c2[2H])N2c5c(c([2H])c([2H])c([2H])c5-n5c6c([2H])c([2H])c(C(C)(C)C)c([2H])c6c6c([2H])c([2H])c([2H])c2c65)B4c2c([2H])c([2H])c(-n4c5c([2H])c([2H])c(C(C)(C)C)c([2H])c5c5c([2H])c(C(C)(C)C)c([2H])c([2H])c54)c([2H])c2N3c2c([2H])c([2H])c3oc4c([2H])c([2H])c([2H])c([2H])c4c3c2[2H])c([2H])c1[2H]. The molecular formula is C78H64BN5O. The van der Waals surface area contributed by atoms with Crippen molar-refractivity contribution in [2.24, 2.45) is 0 Å². The third kappa shape index (κ3) is 7.19. The van der Waals surface area contributed by atoms with Crippen LogP contribution in [0.25, 0.3) is 76.9 Å². The molecule has 11 aromatic carbocycles. The van der Waals surface area contributed by atoms with Gasteiger partial charge in [-0.25, -0.2) is 0 Å². The molecule has 6 nitrogen and oxygen atoms in total. The van der Waals surface area contributed by atoms with E-state index in [9.17, 15) is 43.9 Å². The summed E-state index contributed by atoms with van der Waals surface area (Å²) >= 11 is 0. The molecule has 0 unspecified atom stereocenters. The van der Waals surface area contributed by atoms with Gasteiger partial charge in [-0.05, 0) is 170 Å². The average molecular weight is 1140 g/mol. The third-order valence-corrected chi connectivity index (χ3v) is 15.7. The second-order valence-electron chi connectivity index (χ2n) is 24.1. The Morgan fingerprint density at radius 2 is 0.894 bits per heavy atom. The molecule has 0 fully saturated rings. The molecule has 14 aromatic rings. The summed E-state index contributed by atoms with van der Waals surface area (Å²) in [7, 11) is 0. The molecule has 0 N–H and O–H groups in total. The van der Waals surface area contributed by atoms with Gasteiger partial charge in [0.2, 0.25) is 0 Å². The molecule has 0 bridgehead atoms. The van der Waals surface area contributed by atoms with Gasteiger partial charge in [-0.1, -0.05) is 165 Å². The Kier molecular flexibility index (Phi) is 5.18. The van der Waals surface area contributed by atoms with E-state index in [1.54, 1.807) is 62.3 Å². The molecule has 0 atom stereocenters. The largest absolute Gasteiger partial charge is 0.456 e. The third-order valence-electron chi connectivity index (χ3n) is 15.7. The molecule has 0 aliphatic carbocycles. The Hall–Kier alpha value is -9.72. The zero-order valence-corrected chi connectivity index (χ0v) is 46.7. The Bertz CT molecular complexity index is 7230. The maximum atomic E-state index is 11.5. The van der Waals surface area contributed by atoms with Gasteiger partial charge in [0, 0.05) is 72.1 Å². The summed E-state index contributed by atoms with van der Waals surface area (Å²) in [6.45, 7) is 12.3. The molecule has 7 heteroatoms. The highest BCUT2D eigenvalue weighted by Crippen LogP contribution is 2.55. The first-order valence-corrected chi connectivity index (χ1v) is 27.1. The van der Waals surface area contributed by atoms with Crippen LogP contribution >= 0.6 is 0 Å². The van der Waals surface area contributed by atoms with Crippen LogP contribution in [0.1, 0.15) is 130 Å². The lowest BCUT2D eigenvalue weighted by atomic mass is 9.33. The lowest BCUT2D eigenvalue weighted by molar-refractivity contribution is 0.590. The standard InChI is InChI=1S/C78H64BN5O/c1-76(2,3)47-32-38-65-57(40-47)56-25-18-27-66-74(56)83(65)67-28-19-26-62-75(67)84(66)70-46-54(80(50-20-12-10-13-21-50)51-22-14-11-15-23-51)45-69-73(70)79(62)61-35-33-53(44-68(61)82(69)52-34-39-72-60(43-52)55-24-16-17-29-71(55)85-72)81-63-36-30-48(77(4,5)6)41-58(63)59-42-49(78(7,8)9)31-37-64(59)81/h10-46H,1-9H3/i10D,11D,12D,13D,14D,15D,16D,17D,18D,19D,20D,21D,22D,23D,24D,25D,26D,27D,28D,29D,30D,31D,32D,33D,34D,35D,36D,37D,38D,39D,40D,41D,42D,43D,44D,45D,46D. The molecule has 0 saturated heterocycles. The number of benzene rings is 11. The summed E-state index contributed by atoms with van der Waals surface area (Å²) in [5.74, 6) is 0. The first-order valence-electron chi connectivity index (χ1n) is 45.6. The van der Waals surface area contributed by atoms with Crippen LogP contribution in [0, 0.1) is 0 Å². The summed E-state index contributed by atoms with van der Waals surface area (Å²) in [6, 6.07) is -36.8. The van der Waals surface area contributed by atoms with E-state index in [-0.39, 0.29) is 32.8 Å². The van der Waals surface area contributed by atoms with Crippen LogP contribution < -0.4 is 31.1 Å². The molecule has 17 rings (SSSR count). The molecule has 3 aliphatic heterocycles. The highest BCUT2D eigenvalue weighted by atomic mass is 16.3. The zero-order chi connectivity index (χ0) is 89.8. The molecular weight excluding hydrogens is 1030 g/mol. The van der Waals surface area contributed by atoms with Crippen LogP contribution in [0.15, 0.2) is 228 Å². The number of fused-ring (bicyclic) bond motifs is 15. The van der Waals surface area contributed by atoms with Gasteiger partial charge in [-0.15, -0.1) is 0 Å². The normalized spacial score (nSPS) is 19.7. The monoisotopic (exact) mass is 1130 g/mol. The molecule has 0 saturated carbocycles. The summed E-state index contributed by atoms with van der Waals surface area (Å²) < 4.78 is 377. The van der Waals surface area contributed by atoms with Gasteiger partial charge in [0.05, 0.1) is 95.5 Å². The minimum Gasteiger partial charge on any atom is -0.456 e. The minimum atomic E-state index is -2.37. The van der Waals surface area contributed by atoms with Gasteiger partial charge < -0.3 is 28.3 Å². The van der Waals surface area contributed by atoms with Crippen molar-refractivity contribution in [2.75, 3.05) is 14.7 Å². The van der Waals surface area contributed by atoms with Crippen molar-refractivity contribution >= 4 is 140 Å². The molecule has 0 spiro atoms. The summed E-state index contributed by atoms with van der Waals surface area (Å²) in [5, 5.41) is -2.84. The lowest BCUT2D eigenvalue weighted by Crippen LogP contribution is -2.61. The number of rotatable bonds is 5. The fourth-order valence-electron chi connectivity index (χ4n) is 11.7. The molecule has 3 aromatic heterocycles.